The zero-order valence-corrected chi connectivity index (χ0v) is 20.6. The van der Waals surface area contributed by atoms with Gasteiger partial charge in [-0.15, -0.1) is 0 Å². The molecule has 37 heavy (non-hydrogen) atoms. The number of carbonyl (C=O) groups excluding carboxylic acids is 2. The number of halogens is 3. The normalized spacial score (nSPS) is 14.7. The Balaban J connectivity index is 1.68. The van der Waals surface area contributed by atoms with Crippen molar-refractivity contribution in [3.8, 4) is 16.9 Å². The van der Waals surface area contributed by atoms with Crippen molar-refractivity contribution in [1.29, 1.82) is 0 Å². The van der Waals surface area contributed by atoms with Gasteiger partial charge in [0.25, 0.3) is 5.91 Å². The average molecular weight is 519 g/mol. The summed E-state index contributed by atoms with van der Waals surface area (Å²) in [6, 6.07) is 9.14. The van der Waals surface area contributed by atoms with Crippen LogP contribution in [0, 0.1) is 6.92 Å². The monoisotopic (exact) mass is 518 g/mol. The lowest BCUT2D eigenvalue weighted by Crippen LogP contribution is -2.47. The number of ether oxygens (including phenoxy) is 1. The zero-order chi connectivity index (χ0) is 26.7. The van der Waals surface area contributed by atoms with Crippen molar-refractivity contribution in [1.82, 2.24) is 20.2 Å². The number of nitrogens with one attached hydrogen (secondary N) is 2. The number of aromatic nitrogens is 2. The highest BCUT2D eigenvalue weighted by Gasteiger charge is 2.32. The van der Waals surface area contributed by atoms with E-state index in [9.17, 15) is 22.8 Å². The van der Waals surface area contributed by atoms with Crippen molar-refractivity contribution in [3.63, 3.8) is 0 Å². The van der Waals surface area contributed by atoms with Crippen LogP contribution in [-0.2, 0) is 11.2 Å². The number of pyridine rings is 1. The van der Waals surface area contributed by atoms with Gasteiger partial charge in [0.15, 0.2) is 12.4 Å². The number of aliphatic hydroxyl groups is 1. The van der Waals surface area contributed by atoms with E-state index in [1.165, 1.54) is 4.90 Å². The summed E-state index contributed by atoms with van der Waals surface area (Å²) in [5, 5.41) is 12.1. The van der Waals surface area contributed by atoms with E-state index in [1.54, 1.807) is 6.07 Å². The molecule has 0 unspecified atom stereocenters. The van der Waals surface area contributed by atoms with Gasteiger partial charge in [0, 0.05) is 24.7 Å². The summed E-state index contributed by atoms with van der Waals surface area (Å²) < 4.78 is 44.4. The lowest BCUT2D eigenvalue weighted by molar-refractivity contribution is -0.153. The van der Waals surface area contributed by atoms with Gasteiger partial charge >= 0.3 is 6.18 Å². The molecule has 1 aliphatic heterocycles. The Morgan fingerprint density at radius 2 is 1.89 bits per heavy atom. The fourth-order valence-electron chi connectivity index (χ4n) is 4.48. The number of carbonyl (C=O) groups is 2. The minimum Gasteiger partial charge on any atom is -0.481 e. The van der Waals surface area contributed by atoms with E-state index in [4.69, 9.17) is 9.84 Å². The SMILES string of the molecule is CCc1nc2[nH]c(C(=O)NC3CCN(C(=O)CO)CC3)c(OCC(F)(F)F)c2cc1-c1ccc(C)cc1. The molecule has 2 amide bonds. The van der Waals surface area contributed by atoms with Gasteiger partial charge < -0.3 is 25.0 Å². The minimum absolute atomic E-state index is 0.135. The molecule has 1 aromatic carbocycles. The van der Waals surface area contributed by atoms with Gasteiger partial charge in [-0.1, -0.05) is 36.8 Å². The molecule has 11 heteroatoms. The Bertz CT molecular complexity index is 1280. The molecule has 1 aliphatic rings. The van der Waals surface area contributed by atoms with Gasteiger partial charge in [-0.05, 0) is 37.8 Å². The molecule has 3 N–H and O–H groups in total. The van der Waals surface area contributed by atoms with E-state index in [0.717, 1.165) is 22.4 Å². The summed E-state index contributed by atoms with van der Waals surface area (Å²) in [6.07, 6.45) is -3.12. The van der Waals surface area contributed by atoms with Crippen molar-refractivity contribution < 1.29 is 32.6 Å². The van der Waals surface area contributed by atoms with E-state index < -0.39 is 25.3 Å². The Kier molecular flexibility index (Phi) is 7.72. The third-order valence-corrected chi connectivity index (χ3v) is 6.44. The maximum Gasteiger partial charge on any atom is 0.422 e. The van der Waals surface area contributed by atoms with Crippen LogP contribution in [0.3, 0.4) is 0 Å². The summed E-state index contributed by atoms with van der Waals surface area (Å²) in [7, 11) is 0. The standard InChI is InChI=1S/C26H29F3N4O4/c1-3-20-18(16-6-4-15(2)5-7-16)12-19-23(37-14-26(27,28)29)22(32-24(19)31-20)25(36)30-17-8-10-33(11-9-17)21(35)13-34/h4-7,12,17,34H,3,8-11,13-14H2,1-2H3,(H,30,36)(H,31,32). The number of rotatable bonds is 7. The molecule has 0 aliphatic carbocycles. The molecular weight excluding hydrogens is 489 g/mol. The molecule has 198 valence electrons. The molecule has 4 rings (SSSR count). The highest BCUT2D eigenvalue weighted by atomic mass is 19.4. The highest BCUT2D eigenvalue weighted by molar-refractivity contribution is 6.03. The van der Waals surface area contributed by atoms with Crippen LogP contribution in [-0.4, -0.2) is 70.3 Å². The number of benzene rings is 1. The Labute approximate surface area is 211 Å². The minimum atomic E-state index is -4.60. The van der Waals surface area contributed by atoms with E-state index >= 15 is 0 Å². The number of hydrogen-bond acceptors (Lipinski definition) is 5. The summed E-state index contributed by atoms with van der Waals surface area (Å²) in [4.78, 5) is 33.9. The van der Waals surface area contributed by atoms with Gasteiger partial charge in [-0.2, -0.15) is 13.2 Å². The van der Waals surface area contributed by atoms with Crippen LogP contribution in [0.15, 0.2) is 30.3 Å². The Morgan fingerprint density at radius 1 is 1.22 bits per heavy atom. The molecule has 0 atom stereocenters. The van der Waals surface area contributed by atoms with Crippen LogP contribution in [0.2, 0.25) is 0 Å². The second kappa shape index (κ2) is 10.8. The Hall–Kier alpha value is -3.60. The molecule has 0 bridgehead atoms. The lowest BCUT2D eigenvalue weighted by atomic mass is 10.00. The van der Waals surface area contributed by atoms with Crippen molar-refractivity contribution in [2.75, 3.05) is 26.3 Å². The fourth-order valence-corrected chi connectivity index (χ4v) is 4.48. The number of aryl methyl sites for hydroxylation is 2. The highest BCUT2D eigenvalue weighted by Crippen LogP contribution is 2.35. The average Bonchev–Trinajstić information content (AvgIpc) is 3.24. The van der Waals surface area contributed by atoms with Crippen molar-refractivity contribution in [2.24, 2.45) is 0 Å². The van der Waals surface area contributed by atoms with Crippen molar-refractivity contribution >= 4 is 22.8 Å². The van der Waals surface area contributed by atoms with Gasteiger partial charge in [0.1, 0.15) is 17.9 Å². The second-order valence-electron chi connectivity index (χ2n) is 9.12. The maximum atomic E-state index is 13.2. The van der Waals surface area contributed by atoms with E-state index in [0.29, 0.717) is 32.4 Å². The molecular formula is C26H29F3N4O4. The van der Waals surface area contributed by atoms with Crippen LogP contribution < -0.4 is 10.1 Å². The van der Waals surface area contributed by atoms with Crippen LogP contribution in [0.5, 0.6) is 5.75 Å². The van der Waals surface area contributed by atoms with E-state index in [2.05, 4.69) is 15.3 Å². The summed E-state index contributed by atoms with van der Waals surface area (Å²) in [5.41, 5.74) is 3.53. The number of piperidine rings is 1. The smallest absolute Gasteiger partial charge is 0.422 e. The predicted molar refractivity (Wildman–Crippen MR) is 131 cm³/mol. The number of nitrogens with zero attached hydrogens (tertiary/aromatic N) is 2. The van der Waals surface area contributed by atoms with Crippen LogP contribution >= 0.6 is 0 Å². The number of aromatic amines is 1. The van der Waals surface area contributed by atoms with Crippen molar-refractivity contribution in [2.45, 2.75) is 45.3 Å². The molecule has 1 fully saturated rings. The van der Waals surface area contributed by atoms with E-state index in [1.807, 2.05) is 38.1 Å². The largest absolute Gasteiger partial charge is 0.481 e. The molecule has 0 radical (unpaired) electrons. The van der Waals surface area contributed by atoms with E-state index in [-0.39, 0.29) is 34.4 Å². The van der Waals surface area contributed by atoms with Crippen molar-refractivity contribution in [3.05, 3.63) is 47.3 Å². The number of likely N-dealkylation sites (tertiary alicyclic amines) is 1. The molecule has 0 saturated carbocycles. The number of hydrogen-bond donors (Lipinski definition) is 3. The van der Waals surface area contributed by atoms with Gasteiger partial charge in [0.05, 0.1) is 11.1 Å². The number of amides is 2. The second-order valence-corrected chi connectivity index (χ2v) is 9.12. The summed E-state index contributed by atoms with van der Waals surface area (Å²) >= 11 is 0. The van der Waals surface area contributed by atoms with Crippen LogP contribution in [0.1, 0.15) is 41.5 Å². The number of H-pyrrole nitrogens is 1. The van der Waals surface area contributed by atoms with Gasteiger partial charge in [0.2, 0.25) is 5.91 Å². The first kappa shape index (κ1) is 26.5. The first-order valence-corrected chi connectivity index (χ1v) is 12.1. The topological polar surface area (TPSA) is 108 Å². The molecule has 3 heterocycles. The van der Waals surface area contributed by atoms with Crippen LogP contribution in [0.4, 0.5) is 13.2 Å². The number of alkyl halides is 3. The molecule has 8 nitrogen and oxygen atoms in total. The quantitative estimate of drug-likeness (QED) is 0.442. The van der Waals surface area contributed by atoms with Gasteiger partial charge in [-0.25, -0.2) is 4.98 Å². The third kappa shape index (κ3) is 6.04. The number of aliphatic hydroxyl groups excluding tert-OH is 1. The van der Waals surface area contributed by atoms with Crippen LogP contribution in [0.25, 0.3) is 22.2 Å². The maximum absolute atomic E-state index is 13.2. The predicted octanol–water partition coefficient (Wildman–Crippen LogP) is 3.75. The van der Waals surface area contributed by atoms with Gasteiger partial charge in [-0.3, -0.25) is 9.59 Å². The molecule has 0 spiro atoms. The summed E-state index contributed by atoms with van der Waals surface area (Å²) in [5.74, 6) is -1.20. The third-order valence-electron chi connectivity index (χ3n) is 6.44. The summed E-state index contributed by atoms with van der Waals surface area (Å²) in [6.45, 7) is 2.46. The molecule has 1 saturated heterocycles. The fraction of sp³-hybridized carbons (Fsp3) is 0.423. The molecule has 3 aromatic rings. The number of fused-ring (bicyclic) bond motifs is 1. The molecule has 2 aromatic heterocycles. The first-order valence-electron chi connectivity index (χ1n) is 12.1. The zero-order valence-electron chi connectivity index (χ0n) is 20.6. The first-order chi connectivity index (χ1) is 17.6. The lowest BCUT2D eigenvalue weighted by Gasteiger charge is -2.32. The Morgan fingerprint density at radius 3 is 2.49 bits per heavy atom.